The summed E-state index contributed by atoms with van der Waals surface area (Å²) in [4.78, 5) is 6.62. The molecule has 1 aromatic rings. The van der Waals surface area contributed by atoms with Crippen molar-refractivity contribution in [1.82, 2.24) is 15.2 Å². The summed E-state index contributed by atoms with van der Waals surface area (Å²) in [5.74, 6) is 0.855. The van der Waals surface area contributed by atoms with E-state index in [0.717, 1.165) is 44.6 Å². The molecule has 1 aliphatic carbocycles. The molecule has 1 aromatic heterocycles. The fraction of sp³-hybridized carbons (Fsp3) is 0.688. The summed E-state index contributed by atoms with van der Waals surface area (Å²) < 4.78 is 12.9. The summed E-state index contributed by atoms with van der Waals surface area (Å²) in [6, 6.07) is 3.36. The van der Waals surface area contributed by atoms with Crippen LogP contribution in [0.5, 0.6) is 0 Å². The molecule has 5 heteroatoms. The number of aliphatic hydroxyl groups is 1. The molecule has 2 heterocycles. The highest BCUT2D eigenvalue weighted by atomic mass is 19.1. The van der Waals surface area contributed by atoms with Gasteiger partial charge < -0.3 is 15.3 Å². The van der Waals surface area contributed by atoms with E-state index in [9.17, 15) is 9.50 Å². The summed E-state index contributed by atoms with van der Waals surface area (Å²) in [7, 11) is 1.91. The molecule has 0 radical (unpaired) electrons. The van der Waals surface area contributed by atoms with Crippen LogP contribution < -0.4 is 5.32 Å². The topological polar surface area (TPSA) is 48.4 Å². The van der Waals surface area contributed by atoms with Gasteiger partial charge in [0.05, 0.1) is 24.0 Å². The van der Waals surface area contributed by atoms with E-state index < -0.39 is 0 Å². The second-order valence-electron chi connectivity index (χ2n) is 6.36. The zero-order valence-electron chi connectivity index (χ0n) is 12.5. The molecule has 4 atom stereocenters. The number of likely N-dealkylation sites (tertiary alicyclic amines) is 1. The second-order valence-corrected chi connectivity index (χ2v) is 6.36. The molecular formula is C16H24FN3O. The van der Waals surface area contributed by atoms with Gasteiger partial charge in [-0.05, 0) is 44.4 Å². The summed E-state index contributed by atoms with van der Waals surface area (Å²) in [6.07, 6.45) is 4.26. The molecule has 1 saturated heterocycles. The van der Waals surface area contributed by atoms with Crippen LogP contribution in [0.3, 0.4) is 0 Å². The smallest absolute Gasteiger partial charge is 0.141 e. The predicted molar refractivity (Wildman–Crippen MR) is 79.3 cm³/mol. The average Bonchev–Trinajstić information content (AvgIpc) is 3.04. The molecule has 2 aliphatic rings. The molecular weight excluding hydrogens is 269 g/mol. The molecule has 116 valence electrons. The zero-order chi connectivity index (χ0) is 14.8. The number of hydrogen-bond donors (Lipinski definition) is 2. The van der Waals surface area contributed by atoms with E-state index in [4.69, 9.17) is 0 Å². The molecule has 1 saturated carbocycles. The van der Waals surface area contributed by atoms with Crippen LogP contribution in [-0.4, -0.2) is 47.8 Å². The molecule has 0 amide bonds. The van der Waals surface area contributed by atoms with Crippen LogP contribution in [0.25, 0.3) is 0 Å². The van der Waals surface area contributed by atoms with E-state index >= 15 is 0 Å². The van der Waals surface area contributed by atoms with Crippen LogP contribution in [0.15, 0.2) is 18.3 Å². The predicted octanol–water partition coefficient (Wildman–Crippen LogP) is 1.57. The van der Waals surface area contributed by atoms with Crippen LogP contribution in [-0.2, 0) is 0 Å². The van der Waals surface area contributed by atoms with E-state index in [1.807, 2.05) is 7.05 Å². The van der Waals surface area contributed by atoms with Crippen LogP contribution >= 0.6 is 0 Å². The van der Waals surface area contributed by atoms with Crippen molar-refractivity contribution >= 4 is 0 Å². The van der Waals surface area contributed by atoms with Gasteiger partial charge in [-0.15, -0.1) is 0 Å². The molecule has 21 heavy (non-hydrogen) atoms. The lowest BCUT2D eigenvalue weighted by atomic mass is 10.00. The SMILES string of the molecule is CNC(CCN1CC2CCC(O)C2C1)c1ccc(F)cn1. The number of fused-ring (bicyclic) bond motifs is 1. The van der Waals surface area contributed by atoms with Gasteiger partial charge in [-0.3, -0.25) is 4.98 Å². The first-order valence-electron chi connectivity index (χ1n) is 7.86. The Morgan fingerprint density at radius 1 is 1.43 bits per heavy atom. The maximum Gasteiger partial charge on any atom is 0.141 e. The molecule has 0 aromatic carbocycles. The number of pyridine rings is 1. The highest BCUT2D eigenvalue weighted by Gasteiger charge is 2.41. The van der Waals surface area contributed by atoms with Crippen LogP contribution in [0.2, 0.25) is 0 Å². The maximum atomic E-state index is 12.9. The van der Waals surface area contributed by atoms with E-state index in [2.05, 4.69) is 15.2 Å². The third-order valence-corrected chi connectivity index (χ3v) is 5.08. The van der Waals surface area contributed by atoms with Crippen molar-refractivity contribution in [3.8, 4) is 0 Å². The Kier molecular flexibility index (Phi) is 4.52. The van der Waals surface area contributed by atoms with Crippen molar-refractivity contribution in [2.45, 2.75) is 31.4 Å². The number of hydrogen-bond acceptors (Lipinski definition) is 4. The molecule has 4 unspecified atom stereocenters. The largest absolute Gasteiger partial charge is 0.393 e. The van der Waals surface area contributed by atoms with E-state index in [1.165, 1.54) is 12.3 Å². The quantitative estimate of drug-likeness (QED) is 0.865. The summed E-state index contributed by atoms with van der Waals surface area (Å²) in [5, 5.41) is 13.2. The molecule has 2 N–H and O–H groups in total. The van der Waals surface area contributed by atoms with Gasteiger partial charge in [0.1, 0.15) is 5.82 Å². The minimum atomic E-state index is -0.296. The fourth-order valence-electron chi connectivity index (χ4n) is 3.86. The number of rotatable bonds is 5. The highest BCUT2D eigenvalue weighted by Crippen LogP contribution is 2.38. The lowest BCUT2D eigenvalue weighted by Gasteiger charge is -2.22. The second kappa shape index (κ2) is 6.38. The van der Waals surface area contributed by atoms with Gasteiger partial charge in [0.25, 0.3) is 0 Å². The number of aliphatic hydroxyl groups excluding tert-OH is 1. The Hall–Kier alpha value is -1.04. The molecule has 2 fully saturated rings. The van der Waals surface area contributed by atoms with Crippen molar-refractivity contribution in [2.75, 3.05) is 26.7 Å². The maximum absolute atomic E-state index is 12.9. The summed E-state index contributed by atoms with van der Waals surface area (Å²) in [6.45, 7) is 3.11. The van der Waals surface area contributed by atoms with Crippen molar-refractivity contribution < 1.29 is 9.50 Å². The van der Waals surface area contributed by atoms with Gasteiger partial charge >= 0.3 is 0 Å². The average molecular weight is 293 g/mol. The number of nitrogens with one attached hydrogen (secondary N) is 1. The van der Waals surface area contributed by atoms with Crippen molar-refractivity contribution in [2.24, 2.45) is 11.8 Å². The lowest BCUT2D eigenvalue weighted by Crippen LogP contribution is -2.29. The van der Waals surface area contributed by atoms with E-state index in [0.29, 0.717) is 11.8 Å². The van der Waals surface area contributed by atoms with Gasteiger partial charge in [0.15, 0.2) is 0 Å². The summed E-state index contributed by atoms with van der Waals surface area (Å²) >= 11 is 0. The Morgan fingerprint density at radius 2 is 2.29 bits per heavy atom. The number of halogens is 1. The van der Waals surface area contributed by atoms with Gasteiger partial charge in [-0.2, -0.15) is 0 Å². The normalized spacial score (nSPS) is 30.5. The standard InChI is InChI=1S/C16H24FN3O/c1-18-14(15-4-3-12(17)8-19-15)6-7-20-9-11-2-5-16(21)13(11)10-20/h3-4,8,11,13-14,16,18,21H,2,5-7,9-10H2,1H3. The van der Waals surface area contributed by atoms with E-state index in [-0.39, 0.29) is 18.0 Å². The van der Waals surface area contributed by atoms with Crippen molar-refractivity contribution in [3.05, 3.63) is 29.8 Å². The third-order valence-electron chi connectivity index (χ3n) is 5.08. The first-order valence-corrected chi connectivity index (χ1v) is 7.86. The first-order chi connectivity index (χ1) is 10.2. The monoisotopic (exact) mass is 293 g/mol. The Morgan fingerprint density at radius 3 is 2.95 bits per heavy atom. The van der Waals surface area contributed by atoms with Gasteiger partial charge in [0, 0.05) is 25.6 Å². The number of nitrogens with zero attached hydrogens (tertiary/aromatic N) is 2. The Balaban J connectivity index is 1.53. The Labute approximate surface area is 125 Å². The van der Waals surface area contributed by atoms with Gasteiger partial charge in [-0.1, -0.05) is 0 Å². The van der Waals surface area contributed by atoms with Crippen molar-refractivity contribution in [1.29, 1.82) is 0 Å². The fourth-order valence-corrected chi connectivity index (χ4v) is 3.86. The third kappa shape index (κ3) is 3.25. The minimum absolute atomic E-state index is 0.0983. The molecule has 1 aliphatic heterocycles. The first kappa shape index (κ1) is 14.9. The van der Waals surface area contributed by atoms with Gasteiger partial charge in [-0.25, -0.2) is 4.39 Å². The molecule has 0 spiro atoms. The Bertz CT molecular complexity index is 467. The van der Waals surface area contributed by atoms with Crippen LogP contribution in [0.4, 0.5) is 4.39 Å². The zero-order valence-corrected chi connectivity index (χ0v) is 12.5. The summed E-state index contributed by atoms with van der Waals surface area (Å²) in [5.41, 5.74) is 0.887. The van der Waals surface area contributed by atoms with Crippen LogP contribution in [0, 0.1) is 17.7 Å². The van der Waals surface area contributed by atoms with E-state index in [1.54, 1.807) is 6.07 Å². The lowest BCUT2D eigenvalue weighted by molar-refractivity contribution is 0.124. The molecule has 0 bridgehead atoms. The highest BCUT2D eigenvalue weighted by molar-refractivity contribution is 5.10. The minimum Gasteiger partial charge on any atom is -0.393 e. The van der Waals surface area contributed by atoms with Crippen LogP contribution in [0.1, 0.15) is 31.0 Å². The molecule has 3 rings (SSSR count). The molecule has 4 nitrogen and oxygen atoms in total. The van der Waals surface area contributed by atoms with Gasteiger partial charge in [0.2, 0.25) is 0 Å². The number of aromatic nitrogens is 1. The van der Waals surface area contributed by atoms with Crippen molar-refractivity contribution in [3.63, 3.8) is 0 Å².